The molecule has 3 nitrogen and oxygen atoms in total. The van der Waals surface area contributed by atoms with Crippen molar-refractivity contribution in [2.45, 2.75) is 27.3 Å². The zero-order valence-corrected chi connectivity index (χ0v) is 10.5. The summed E-state index contributed by atoms with van der Waals surface area (Å²) in [5.41, 5.74) is 0.744. The van der Waals surface area contributed by atoms with Crippen molar-refractivity contribution in [1.82, 2.24) is 9.88 Å². The van der Waals surface area contributed by atoms with Crippen molar-refractivity contribution in [3.05, 3.63) is 30.1 Å². The molecule has 0 saturated heterocycles. The van der Waals surface area contributed by atoms with Crippen molar-refractivity contribution in [3.63, 3.8) is 0 Å². The number of ketones is 1. The number of hydrogen-bond acceptors (Lipinski definition) is 3. The second-order valence-corrected chi connectivity index (χ2v) is 4.93. The van der Waals surface area contributed by atoms with Gasteiger partial charge in [0.05, 0.1) is 5.69 Å². The van der Waals surface area contributed by atoms with Crippen molar-refractivity contribution in [1.29, 1.82) is 0 Å². The van der Waals surface area contributed by atoms with Crippen LogP contribution in [0.4, 0.5) is 0 Å². The molecule has 0 radical (unpaired) electrons. The maximum atomic E-state index is 11.4. The van der Waals surface area contributed by atoms with Gasteiger partial charge in [0.2, 0.25) is 0 Å². The average Bonchev–Trinajstić information content (AvgIpc) is 2.17. The van der Waals surface area contributed by atoms with E-state index in [1.54, 1.807) is 13.1 Å². The smallest absolute Gasteiger partial charge is 0.136 e. The SMILES string of the molecule is CC(=O)C(C)(C)CN(C)Cc1ccccn1. The normalized spacial score (nSPS) is 11.8. The molecule has 0 spiro atoms. The Morgan fingerprint density at radius 1 is 1.44 bits per heavy atom. The van der Waals surface area contributed by atoms with Crippen LogP contribution in [0.1, 0.15) is 26.5 Å². The van der Waals surface area contributed by atoms with Gasteiger partial charge in [-0.3, -0.25) is 14.7 Å². The van der Waals surface area contributed by atoms with Gasteiger partial charge in [-0.05, 0) is 26.1 Å². The number of rotatable bonds is 5. The third-order valence-electron chi connectivity index (χ3n) is 2.78. The molecule has 0 aliphatic carbocycles. The van der Waals surface area contributed by atoms with E-state index in [4.69, 9.17) is 0 Å². The van der Waals surface area contributed by atoms with E-state index in [0.29, 0.717) is 0 Å². The molecule has 1 aromatic rings. The number of aromatic nitrogens is 1. The molecule has 1 aromatic heterocycles. The molecule has 0 atom stereocenters. The van der Waals surface area contributed by atoms with Crippen LogP contribution in [0, 0.1) is 5.41 Å². The summed E-state index contributed by atoms with van der Waals surface area (Å²) < 4.78 is 0. The molecular weight excluding hydrogens is 200 g/mol. The Balaban J connectivity index is 2.54. The summed E-state index contributed by atoms with van der Waals surface area (Å²) in [6.45, 7) is 7.12. The Morgan fingerprint density at radius 2 is 2.12 bits per heavy atom. The molecular formula is C13H20N2O. The lowest BCUT2D eigenvalue weighted by Gasteiger charge is -2.27. The van der Waals surface area contributed by atoms with Gasteiger partial charge in [-0.1, -0.05) is 19.9 Å². The molecule has 1 heterocycles. The van der Waals surface area contributed by atoms with E-state index in [2.05, 4.69) is 9.88 Å². The first-order valence-electron chi connectivity index (χ1n) is 5.51. The van der Waals surface area contributed by atoms with Crippen molar-refractivity contribution < 1.29 is 4.79 Å². The maximum absolute atomic E-state index is 11.4. The molecule has 0 saturated carbocycles. The number of hydrogen-bond donors (Lipinski definition) is 0. The van der Waals surface area contributed by atoms with E-state index in [1.807, 2.05) is 39.1 Å². The number of carbonyl (C=O) groups excluding carboxylic acids is 1. The number of pyridine rings is 1. The third kappa shape index (κ3) is 3.74. The van der Waals surface area contributed by atoms with E-state index in [9.17, 15) is 4.79 Å². The molecule has 0 amide bonds. The van der Waals surface area contributed by atoms with Crippen LogP contribution in [-0.2, 0) is 11.3 Å². The Kier molecular flexibility index (Phi) is 4.19. The first-order valence-corrected chi connectivity index (χ1v) is 5.51. The van der Waals surface area contributed by atoms with Gasteiger partial charge >= 0.3 is 0 Å². The van der Waals surface area contributed by atoms with Gasteiger partial charge in [-0.15, -0.1) is 0 Å². The van der Waals surface area contributed by atoms with Crippen molar-refractivity contribution in [2.24, 2.45) is 5.41 Å². The Labute approximate surface area is 97.5 Å². The minimum absolute atomic E-state index is 0.223. The van der Waals surface area contributed by atoms with Crippen LogP contribution >= 0.6 is 0 Å². The highest BCUT2D eigenvalue weighted by Gasteiger charge is 2.25. The molecule has 1 rings (SSSR count). The second kappa shape index (κ2) is 5.21. The van der Waals surface area contributed by atoms with Gasteiger partial charge in [0, 0.05) is 24.7 Å². The second-order valence-electron chi connectivity index (χ2n) is 4.93. The lowest BCUT2D eigenvalue weighted by Crippen LogP contribution is -2.35. The van der Waals surface area contributed by atoms with Gasteiger partial charge in [0.15, 0.2) is 0 Å². The zero-order valence-electron chi connectivity index (χ0n) is 10.5. The summed E-state index contributed by atoms with van der Waals surface area (Å²) in [5, 5.41) is 0. The first kappa shape index (κ1) is 12.8. The molecule has 0 N–H and O–H groups in total. The summed E-state index contributed by atoms with van der Waals surface area (Å²) in [4.78, 5) is 17.8. The van der Waals surface area contributed by atoms with Gasteiger partial charge < -0.3 is 0 Å². The van der Waals surface area contributed by atoms with Crippen LogP contribution in [0.5, 0.6) is 0 Å². The zero-order chi connectivity index (χ0) is 12.2. The molecule has 16 heavy (non-hydrogen) atoms. The highest BCUT2D eigenvalue weighted by Crippen LogP contribution is 2.18. The summed E-state index contributed by atoms with van der Waals surface area (Å²) in [6, 6.07) is 5.88. The minimum atomic E-state index is -0.288. The maximum Gasteiger partial charge on any atom is 0.136 e. The van der Waals surface area contributed by atoms with Crippen LogP contribution in [0.15, 0.2) is 24.4 Å². The highest BCUT2D eigenvalue weighted by atomic mass is 16.1. The lowest BCUT2D eigenvalue weighted by molar-refractivity contribution is -0.125. The Bertz CT molecular complexity index is 346. The third-order valence-corrected chi connectivity index (χ3v) is 2.78. The summed E-state index contributed by atoms with van der Waals surface area (Å²) >= 11 is 0. The van der Waals surface area contributed by atoms with Gasteiger partial charge in [0.1, 0.15) is 5.78 Å². The summed E-state index contributed by atoms with van der Waals surface area (Å²) in [7, 11) is 2.01. The van der Waals surface area contributed by atoms with E-state index < -0.39 is 0 Å². The largest absolute Gasteiger partial charge is 0.300 e. The molecule has 0 aliphatic rings. The molecule has 0 fully saturated rings. The van der Waals surface area contributed by atoms with Crippen LogP contribution in [0.3, 0.4) is 0 Å². The first-order chi connectivity index (χ1) is 7.42. The molecule has 0 unspecified atom stereocenters. The van der Waals surface area contributed by atoms with Crippen molar-refractivity contribution >= 4 is 5.78 Å². The summed E-state index contributed by atoms with van der Waals surface area (Å²) in [5.74, 6) is 0.223. The van der Waals surface area contributed by atoms with Crippen LogP contribution in [0.2, 0.25) is 0 Å². The van der Waals surface area contributed by atoms with E-state index >= 15 is 0 Å². The van der Waals surface area contributed by atoms with Gasteiger partial charge in [-0.2, -0.15) is 0 Å². The fourth-order valence-electron chi connectivity index (χ4n) is 1.61. The Morgan fingerprint density at radius 3 is 2.62 bits per heavy atom. The quantitative estimate of drug-likeness (QED) is 0.762. The predicted octanol–water partition coefficient (Wildman–Crippen LogP) is 2.13. The fourth-order valence-corrected chi connectivity index (χ4v) is 1.61. The fraction of sp³-hybridized carbons (Fsp3) is 0.538. The predicted molar refractivity (Wildman–Crippen MR) is 65.0 cm³/mol. The lowest BCUT2D eigenvalue weighted by atomic mass is 9.88. The molecule has 3 heteroatoms. The van der Waals surface area contributed by atoms with Crippen molar-refractivity contribution in [2.75, 3.05) is 13.6 Å². The van der Waals surface area contributed by atoms with Gasteiger partial charge in [0.25, 0.3) is 0 Å². The average molecular weight is 220 g/mol. The minimum Gasteiger partial charge on any atom is -0.300 e. The number of Topliss-reactive ketones (excluding diaryl/α,β-unsaturated/α-hetero) is 1. The van der Waals surface area contributed by atoms with E-state index in [0.717, 1.165) is 18.8 Å². The monoisotopic (exact) mass is 220 g/mol. The standard InChI is InChI=1S/C13H20N2O/c1-11(16)13(2,3)10-15(4)9-12-7-5-6-8-14-12/h5-8H,9-10H2,1-4H3. The number of carbonyl (C=O) groups is 1. The van der Waals surface area contributed by atoms with E-state index in [1.165, 1.54) is 0 Å². The molecule has 0 bridgehead atoms. The Hall–Kier alpha value is -1.22. The molecule has 88 valence electrons. The van der Waals surface area contributed by atoms with Crippen LogP contribution in [-0.4, -0.2) is 29.3 Å². The highest BCUT2D eigenvalue weighted by molar-refractivity contribution is 5.81. The topological polar surface area (TPSA) is 33.2 Å². The molecule has 0 aliphatic heterocycles. The van der Waals surface area contributed by atoms with Crippen molar-refractivity contribution in [3.8, 4) is 0 Å². The van der Waals surface area contributed by atoms with Gasteiger partial charge in [-0.25, -0.2) is 0 Å². The van der Waals surface area contributed by atoms with Crippen LogP contribution in [0.25, 0.3) is 0 Å². The van der Waals surface area contributed by atoms with E-state index in [-0.39, 0.29) is 11.2 Å². The number of nitrogens with zero attached hydrogens (tertiary/aromatic N) is 2. The molecule has 0 aromatic carbocycles. The van der Waals surface area contributed by atoms with Crippen LogP contribution < -0.4 is 0 Å². The summed E-state index contributed by atoms with van der Waals surface area (Å²) in [6.07, 6.45) is 1.79.